The van der Waals surface area contributed by atoms with E-state index in [1.165, 1.54) is 0 Å². The van der Waals surface area contributed by atoms with Gasteiger partial charge < -0.3 is 14.9 Å². The monoisotopic (exact) mass is 157 g/mol. The molecule has 0 bridgehead atoms. The van der Waals surface area contributed by atoms with Crippen molar-refractivity contribution >= 4 is 0 Å². The zero-order valence-corrected chi connectivity index (χ0v) is 6.37. The Morgan fingerprint density at radius 1 is 1.64 bits per heavy atom. The molecule has 5 heteroatoms. The lowest BCUT2D eigenvalue weighted by Crippen LogP contribution is -2.17. The van der Waals surface area contributed by atoms with E-state index in [-0.39, 0.29) is 6.61 Å². The Morgan fingerprint density at radius 2 is 2.45 bits per heavy atom. The van der Waals surface area contributed by atoms with Gasteiger partial charge in [-0.2, -0.15) is 4.98 Å². The zero-order chi connectivity index (χ0) is 8.10. The topological polar surface area (TPSA) is 71.2 Å². The summed E-state index contributed by atoms with van der Waals surface area (Å²) in [6, 6.07) is 0. The Labute approximate surface area is 64.4 Å². The van der Waals surface area contributed by atoms with Gasteiger partial charge in [-0.1, -0.05) is 5.16 Å². The summed E-state index contributed by atoms with van der Waals surface area (Å²) in [5.74, 6) is 1.18. The Morgan fingerprint density at radius 3 is 3.00 bits per heavy atom. The molecule has 0 amide bonds. The van der Waals surface area contributed by atoms with Crippen LogP contribution in [0.1, 0.15) is 11.7 Å². The molecule has 1 heterocycles. The second-order valence-corrected chi connectivity index (χ2v) is 2.14. The summed E-state index contributed by atoms with van der Waals surface area (Å²) in [5.41, 5.74) is 0. The Kier molecular flexibility index (Phi) is 3.00. The van der Waals surface area contributed by atoms with Crippen LogP contribution < -0.4 is 5.32 Å². The second kappa shape index (κ2) is 4.05. The van der Waals surface area contributed by atoms with Crippen molar-refractivity contribution in [2.24, 2.45) is 0 Å². The highest BCUT2D eigenvalue weighted by Gasteiger charge is 1.99. The lowest BCUT2D eigenvalue weighted by atomic mass is 10.6. The van der Waals surface area contributed by atoms with Crippen LogP contribution in [0.5, 0.6) is 0 Å². The van der Waals surface area contributed by atoms with Gasteiger partial charge in [-0.25, -0.2) is 0 Å². The van der Waals surface area contributed by atoms with E-state index < -0.39 is 0 Å². The Hall–Kier alpha value is -0.940. The maximum absolute atomic E-state index is 8.42. The average molecular weight is 157 g/mol. The molecule has 1 aromatic rings. The minimum absolute atomic E-state index is 0.118. The number of aliphatic hydroxyl groups excluding tert-OH is 1. The summed E-state index contributed by atoms with van der Waals surface area (Å²) in [6.07, 6.45) is 0. The first-order valence-electron chi connectivity index (χ1n) is 3.43. The quantitative estimate of drug-likeness (QED) is 0.574. The molecule has 0 spiro atoms. The Bertz CT molecular complexity index is 211. The number of aryl methyl sites for hydroxylation is 1. The highest BCUT2D eigenvalue weighted by atomic mass is 16.5. The minimum atomic E-state index is 0.118. The first kappa shape index (κ1) is 8.16. The predicted molar refractivity (Wildman–Crippen MR) is 37.8 cm³/mol. The van der Waals surface area contributed by atoms with Crippen LogP contribution in [-0.2, 0) is 6.54 Å². The van der Waals surface area contributed by atoms with Gasteiger partial charge in [0.25, 0.3) is 0 Å². The van der Waals surface area contributed by atoms with Crippen molar-refractivity contribution in [2.45, 2.75) is 13.5 Å². The van der Waals surface area contributed by atoms with Crippen LogP contribution in [0.4, 0.5) is 0 Å². The molecule has 62 valence electrons. The van der Waals surface area contributed by atoms with Gasteiger partial charge in [0.05, 0.1) is 13.2 Å². The van der Waals surface area contributed by atoms with Gasteiger partial charge in [0.2, 0.25) is 5.89 Å². The summed E-state index contributed by atoms with van der Waals surface area (Å²) in [6.45, 7) is 2.94. The van der Waals surface area contributed by atoms with Gasteiger partial charge in [0, 0.05) is 6.54 Å². The molecule has 1 rings (SSSR count). The molecule has 11 heavy (non-hydrogen) atoms. The summed E-state index contributed by atoms with van der Waals surface area (Å²) in [7, 11) is 0. The van der Waals surface area contributed by atoms with Gasteiger partial charge in [0.1, 0.15) is 0 Å². The number of aliphatic hydroxyl groups is 1. The van der Waals surface area contributed by atoms with Crippen LogP contribution in [0.2, 0.25) is 0 Å². The van der Waals surface area contributed by atoms with E-state index in [9.17, 15) is 0 Å². The van der Waals surface area contributed by atoms with E-state index in [2.05, 4.69) is 15.5 Å². The molecule has 2 N–H and O–H groups in total. The molecular formula is C6H11N3O2. The molecule has 0 saturated heterocycles. The summed E-state index contributed by atoms with van der Waals surface area (Å²) < 4.78 is 4.81. The van der Waals surface area contributed by atoms with Crippen LogP contribution in [0, 0.1) is 6.92 Å². The van der Waals surface area contributed by atoms with Gasteiger partial charge in [-0.15, -0.1) is 0 Å². The first-order chi connectivity index (χ1) is 5.33. The van der Waals surface area contributed by atoms with E-state index in [1.54, 1.807) is 6.92 Å². The number of rotatable bonds is 4. The third-order valence-corrected chi connectivity index (χ3v) is 1.13. The third kappa shape index (κ3) is 2.65. The minimum Gasteiger partial charge on any atom is -0.395 e. The van der Waals surface area contributed by atoms with E-state index in [4.69, 9.17) is 9.63 Å². The average Bonchev–Trinajstić information content (AvgIpc) is 2.37. The number of hydrogen-bond donors (Lipinski definition) is 2. The standard InChI is InChI=1S/C6H11N3O2/c1-5-8-6(11-9-5)4-7-2-3-10/h7,10H,2-4H2,1H3. The first-order valence-corrected chi connectivity index (χ1v) is 3.43. The molecular weight excluding hydrogens is 146 g/mol. The normalized spacial score (nSPS) is 10.4. The number of nitrogens with one attached hydrogen (secondary N) is 1. The lowest BCUT2D eigenvalue weighted by Gasteiger charge is -1.94. The maximum Gasteiger partial charge on any atom is 0.240 e. The third-order valence-electron chi connectivity index (χ3n) is 1.13. The highest BCUT2D eigenvalue weighted by Crippen LogP contribution is 1.93. The van der Waals surface area contributed by atoms with E-state index in [0.29, 0.717) is 24.8 Å². The van der Waals surface area contributed by atoms with Crippen LogP contribution in [0.15, 0.2) is 4.52 Å². The largest absolute Gasteiger partial charge is 0.395 e. The van der Waals surface area contributed by atoms with Gasteiger partial charge in [-0.3, -0.25) is 0 Å². The number of nitrogens with zero attached hydrogens (tertiary/aromatic N) is 2. The molecule has 0 saturated carbocycles. The van der Waals surface area contributed by atoms with Crippen molar-refractivity contribution in [2.75, 3.05) is 13.2 Å². The van der Waals surface area contributed by atoms with Gasteiger partial charge >= 0.3 is 0 Å². The molecule has 0 atom stereocenters. The van der Waals surface area contributed by atoms with Crippen molar-refractivity contribution in [1.29, 1.82) is 0 Å². The summed E-state index contributed by atoms with van der Waals surface area (Å²) in [4.78, 5) is 3.96. The fourth-order valence-electron chi connectivity index (χ4n) is 0.686. The predicted octanol–water partition coefficient (Wildman–Crippen LogP) is -0.540. The lowest BCUT2D eigenvalue weighted by molar-refractivity contribution is 0.286. The van der Waals surface area contributed by atoms with Crippen LogP contribution >= 0.6 is 0 Å². The van der Waals surface area contributed by atoms with Crippen molar-refractivity contribution in [3.63, 3.8) is 0 Å². The van der Waals surface area contributed by atoms with Crippen LogP contribution in [0.25, 0.3) is 0 Å². The smallest absolute Gasteiger partial charge is 0.240 e. The Balaban J connectivity index is 2.27. The second-order valence-electron chi connectivity index (χ2n) is 2.14. The van der Waals surface area contributed by atoms with Gasteiger partial charge in [-0.05, 0) is 6.92 Å². The molecule has 0 fully saturated rings. The molecule has 0 aliphatic heterocycles. The summed E-state index contributed by atoms with van der Waals surface area (Å²) >= 11 is 0. The zero-order valence-electron chi connectivity index (χ0n) is 6.37. The molecule has 0 aliphatic carbocycles. The fourth-order valence-corrected chi connectivity index (χ4v) is 0.686. The van der Waals surface area contributed by atoms with Crippen molar-refractivity contribution in [1.82, 2.24) is 15.5 Å². The maximum atomic E-state index is 8.42. The van der Waals surface area contributed by atoms with Crippen LogP contribution in [0.3, 0.4) is 0 Å². The molecule has 5 nitrogen and oxygen atoms in total. The van der Waals surface area contributed by atoms with E-state index in [1.807, 2.05) is 0 Å². The molecule has 0 radical (unpaired) electrons. The van der Waals surface area contributed by atoms with Crippen LogP contribution in [-0.4, -0.2) is 28.4 Å². The van der Waals surface area contributed by atoms with Crippen molar-refractivity contribution in [3.05, 3.63) is 11.7 Å². The molecule has 0 unspecified atom stereocenters. The fraction of sp³-hybridized carbons (Fsp3) is 0.667. The number of hydrogen-bond acceptors (Lipinski definition) is 5. The van der Waals surface area contributed by atoms with E-state index in [0.717, 1.165) is 0 Å². The number of aromatic nitrogens is 2. The SMILES string of the molecule is Cc1noc(CNCCO)n1. The highest BCUT2D eigenvalue weighted by molar-refractivity contribution is 4.81. The van der Waals surface area contributed by atoms with Gasteiger partial charge in [0.15, 0.2) is 5.82 Å². The molecule has 1 aromatic heterocycles. The molecule has 0 aliphatic rings. The molecule has 0 aromatic carbocycles. The summed E-state index contributed by atoms with van der Waals surface area (Å²) in [5, 5.41) is 14.9. The van der Waals surface area contributed by atoms with Crippen molar-refractivity contribution < 1.29 is 9.63 Å². The van der Waals surface area contributed by atoms with E-state index >= 15 is 0 Å². The van der Waals surface area contributed by atoms with Crippen molar-refractivity contribution in [3.8, 4) is 0 Å².